The van der Waals surface area contributed by atoms with Gasteiger partial charge in [0.05, 0.1) is 11.5 Å². The average molecular weight is 266 g/mol. The summed E-state index contributed by atoms with van der Waals surface area (Å²) < 4.78 is 0. The Bertz CT molecular complexity index is 476. The van der Waals surface area contributed by atoms with Gasteiger partial charge in [-0.15, -0.1) is 0 Å². The minimum absolute atomic E-state index is 0.0919. The van der Waals surface area contributed by atoms with Gasteiger partial charge >= 0.3 is 0 Å². The number of thiophene rings is 1. The Balaban J connectivity index is 1.79. The SMILES string of the molecule is OCc1cnc(N(Cc2ccsc2)C2CC2)s1. The van der Waals surface area contributed by atoms with E-state index < -0.39 is 0 Å². The van der Waals surface area contributed by atoms with E-state index in [1.54, 1.807) is 28.9 Å². The van der Waals surface area contributed by atoms with Gasteiger partial charge in [0.2, 0.25) is 0 Å². The lowest BCUT2D eigenvalue weighted by Crippen LogP contribution is -2.24. The van der Waals surface area contributed by atoms with E-state index in [4.69, 9.17) is 5.11 Å². The first-order chi connectivity index (χ1) is 8.36. The summed E-state index contributed by atoms with van der Waals surface area (Å²) in [6.45, 7) is 1.03. The summed E-state index contributed by atoms with van der Waals surface area (Å²) in [7, 11) is 0. The molecule has 1 fully saturated rings. The first kappa shape index (κ1) is 11.2. The minimum Gasteiger partial charge on any atom is -0.391 e. The Morgan fingerprint density at radius 2 is 2.35 bits per heavy atom. The lowest BCUT2D eigenvalue weighted by molar-refractivity contribution is 0.285. The van der Waals surface area contributed by atoms with Crippen molar-refractivity contribution in [1.82, 2.24) is 4.98 Å². The van der Waals surface area contributed by atoms with Gasteiger partial charge in [0.25, 0.3) is 0 Å². The van der Waals surface area contributed by atoms with Gasteiger partial charge in [-0.3, -0.25) is 0 Å². The molecule has 0 spiro atoms. The Labute approximate surface area is 108 Å². The molecule has 0 aliphatic heterocycles. The van der Waals surface area contributed by atoms with Crippen molar-refractivity contribution in [3.63, 3.8) is 0 Å². The van der Waals surface area contributed by atoms with E-state index in [-0.39, 0.29) is 6.61 Å². The number of aliphatic hydroxyl groups excluding tert-OH is 1. The summed E-state index contributed by atoms with van der Waals surface area (Å²) in [4.78, 5) is 7.72. The summed E-state index contributed by atoms with van der Waals surface area (Å²) in [6, 6.07) is 2.81. The van der Waals surface area contributed by atoms with Crippen LogP contribution in [0.1, 0.15) is 23.3 Å². The Kier molecular flexibility index (Phi) is 3.13. The van der Waals surface area contributed by atoms with Crippen LogP contribution < -0.4 is 4.90 Å². The average Bonchev–Trinajstić information content (AvgIpc) is 2.88. The number of hydrogen-bond acceptors (Lipinski definition) is 5. The molecule has 90 valence electrons. The molecule has 0 atom stereocenters. The Morgan fingerprint density at radius 3 is 2.94 bits per heavy atom. The number of aliphatic hydroxyl groups is 1. The van der Waals surface area contributed by atoms with E-state index in [1.807, 2.05) is 0 Å². The highest BCUT2D eigenvalue weighted by Gasteiger charge is 2.31. The molecule has 2 heterocycles. The Hall–Kier alpha value is -0.910. The molecule has 0 bridgehead atoms. The molecular formula is C12H14N2OS2. The molecule has 5 heteroatoms. The highest BCUT2D eigenvalue weighted by molar-refractivity contribution is 7.15. The van der Waals surface area contributed by atoms with Crippen molar-refractivity contribution < 1.29 is 5.11 Å². The highest BCUT2D eigenvalue weighted by Crippen LogP contribution is 2.35. The van der Waals surface area contributed by atoms with Crippen molar-refractivity contribution in [3.05, 3.63) is 33.5 Å². The molecule has 1 N–H and O–H groups in total. The van der Waals surface area contributed by atoms with Crippen molar-refractivity contribution in [2.24, 2.45) is 0 Å². The van der Waals surface area contributed by atoms with Gasteiger partial charge in [0.1, 0.15) is 0 Å². The van der Waals surface area contributed by atoms with Crippen molar-refractivity contribution in [2.45, 2.75) is 32.0 Å². The fraction of sp³-hybridized carbons (Fsp3) is 0.417. The molecule has 0 saturated heterocycles. The first-order valence-corrected chi connectivity index (χ1v) is 7.46. The number of rotatable bonds is 5. The van der Waals surface area contributed by atoms with Crippen LogP contribution in [0.2, 0.25) is 0 Å². The fourth-order valence-corrected chi connectivity index (χ4v) is 3.32. The summed E-state index contributed by atoms with van der Waals surface area (Å²) >= 11 is 3.33. The van der Waals surface area contributed by atoms with E-state index in [1.165, 1.54) is 18.4 Å². The van der Waals surface area contributed by atoms with Gasteiger partial charge in [-0.25, -0.2) is 4.98 Å². The summed E-state index contributed by atoms with van der Waals surface area (Å²) in [5.41, 5.74) is 1.35. The largest absolute Gasteiger partial charge is 0.391 e. The standard InChI is InChI=1S/C12H14N2OS2/c15-7-11-5-13-12(17-11)14(10-1-2-10)6-9-3-4-16-8-9/h3-5,8,10,15H,1-2,6-7H2. The number of thiazole rings is 1. The van der Waals surface area contributed by atoms with Gasteiger partial charge in [0.15, 0.2) is 5.13 Å². The third kappa shape index (κ3) is 2.51. The summed E-state index contributed by atoms with van der Waals surface area (Å²) in [5.74, 6) is 0. The van der Waals surface area contributed by atoms with Crippen LogP contribution in [-0.4, -0.2) is 16.1 Å². The van der Waals surface area contributed by atoms with Gasteiger partial charge in [-0.2, -0.15) is 11.3 Å². The predicted molar refractivity (Wildman–Crippen MR) is 71.6 cm³/mol. The molecule has 0 unspecified atom stereocenters. The maximum Gasteiger partial charge on any atom is 0.186 e. The molecule has 17 heavy (non-hydrogen) atoms. The Morgan fingerprint density at radius 1 is 1.47 bits per heavy atom. The van der Waals surface area contributed by atoms with Crippen LogP contribution in [0.15, 0.2) is 23.0 Å². The second-order valence-electron chi connectivity index (χ2n) is 4.26. The summed E-state index contributed by atoms with van der Waals surface area (Å²) in [5, 5.41) is 14.4. The van der Waals surface area contributed by atoms with Crippen LogP contribution in [0.25, 0.3) is 0 Å². The second-order valence-corrected chi connectivity index (χ2v) is 6.13. The van der Waals surface area contributed by atoms with Crippen LogP contribution in [0.3, 0.4) is 0 Å². The zero-order chi connectivity index (χ0) is 11.7. The molecule has 0 radical (unpaired) electrons. The maximum absolute atomic E-state index is 9.10. The topological polar surface area (TPSA) is 36.4 Å². The minimum atomic E-state index is 0.0919. The number of hydrogen-bond donors (Lipinski definition) is 1. The highest BCUT2D eigenvalue weighted by atomic mass is 32.1. The first-order valence-electron chi connectivity index (χ1n) is 5.70. The molecular weight excluding hydrogens is 252 g/mol. The lowest BCUT2D eigenvalue weighted by Gasteiger charge is -2.20. The van der Waals surface area contributed by atoms with Crippen molar-refractivity contribution in [3.8, 4) is 0 Å². The quantitative estimate of drug-likeness (QED) is 0.904. The molecule has 2 aromatic heterocycles. The molecule has 1 aliphatic carbocycles. The zero-order valence-corrected chi connectivity index (χ0v) is 11.0. The van der Waals surface area contributed by atoms with Gasteiger partial charge < -0.3 is 10.0 Å². The van der Waals surface area contributed by atoms with E-state index in [9.17, 15) is 0 Å². The molecule has 3 rings (SSSR count). The van der Waals surface area contributed by atoms with E-state index >= 15 is 0 Å². The van der Waals surface area contributed by atoms with Crippen LogP contribution in [0.4, 0.5) is 5.13 Å². The van der Waals surface area contributed by atoms with E-state index in [0.29, 0.717) is 6.04 Å². The fourth-order valence-electron chi connectivity index (χ4n) is 1.82. The van der Waals surface area contributed by atoms with Crippen molar-refractivity contribution in [1.29, 1.82) is 0 Å². The van der Waals surface area contributed by atoms with Crippen LogP contribution in [0, 0.1) is 0 Å². The monoisotopic (exact) mass is 266 g/mol. The number of aromatic nitrogens is 1. The molecule has 1 aliphatic rings. The van der Waals surface area contributed by atoms with Gasteiger partial charge in [-0.1, -0.05) is 11.3 Å². The zero-order valence-electron chi connectivity index (χ0n) is 9.37. The lowest BCUT2D eigenvalue weighted by atomic mass is 10.3. The predicted octanol–water partition coefficient (Wildman–Crippen LogP) is 2.87. The second kappa shape index (κ2) is 4.76. The number of nitrogens with zero attached hydrogens (tertiary/aromatic N) is 2. The number of anilines is 1. The third-order valence-electron chi connectivity index (χ3n) is 2.86. The molecule has 0 amide bonds. The van der Waals surface area contributed by atoms with Crippen LogP contribution >= 0.6 is 22.7 Å². The third-order valence-corrected chi connectivity index (χ3v) is 4.61. The van der Waals surface area contributed by atoms with Crippen LogP contribution in [0.5, 0.6) is 0 Å². The maximum atomic E-state index is 9.10. The smallest absolute Gasteiger partial charge is 0.186 e. The normalized spacial score (nSPS) is 15.1. The summed E-state index contributed by atoms with van der Waals surface area (Å²) in [6.07, 6.45) is 4.30. The van der Waals surface area contributed by atoms with E-state index in [0.717, 1.165) is 16.6 Å². The van der Waals surface area contributed by atoms with Crippen molar-refractivity contribution >= 4 is 27.8 Å². The molecule has 2 aromatic rings. The van der Waals surface area contributed by atoms with E-state index in [2.05, 4.69) is 26.7 Å². The van der Waals surface area contributed by atoms with Crippen LogP contribution in [-0.2, 0) is 13.2 Å². The molecule has 3 nitrogen and oxygen atoms in total. The van der Waals surface area contributed by atoms with Gasteiger partial charge in [0, 0.05) is 18.8 Å². The van der Waals surface area contributed by atoms with Gasteiger partial charge in [-0.05, 0) is 35.2 Å². The molecule has 0 aromatic carbocycles. The van der Waals surface area contributed by atoms with Crippen molar-refractivity contribution in [2.75, 3.05) is 4.90 Å². The molecule has 1 saturated carbocycles.